The number of aryl methyl sites for hydroxylation is 1. The van der Waals surface area contributed by atoms with Gasteiger partial charge in [-0.3, -0.25) is 14.7 Å². The van der Waals surface area contributed by atoms with Crippen LogP contribution in [0.2, 0.25) is 5.02 Å². The standard InChI is InChI=1S/C23H19ClN4O2/c1-14-8-21-18(9-19(14)24)22(29)17(13-30-21)12-28-7-4-20-16(11-28)10-26-23(27-20)15-2-5-25-6-3-15/h2-3,5-6,8-10,13H,4,7,11-12H2,1H3. The summed E-state index contributed by atoms with van der Waals surface area (Å²) in [4.78, 5) is 28.5. The Labute approximate surface area is 178 Å². The molecule has 7 heteroatoms. The van der Waals surface area contributed by atoms with Crippen molar-refractivity contribution in [3.05, 3.63) is 86.7 Å². The van der Waals surface area contributed by atoms with Crippen LogP contribution in [0.15, 0.2) is 58.3 Å². The molecule has 0 spiro atoms. The van der Waals surface area contributed by atoms with Crippen molar-refractivity contribution in [2.75, 3.05) is 6.54 Å². The zero-order valence-corrected chi connectivity index (χ0v) is 17.2. The molecule has 6 nitrogen and oxygen atoms in total. The summed E-state index contributed by atoms with van der Waals surface area (Å²) >= 11 is 6.21. The topological polar surface area (TPSA) is 72.1 Å². The van der Waals surface area contributed by atoms with Gasteiger partial charge in [0.1, 0.15) is 5.58 Å². The maximum Gasteiger partial charge on any atom is 0.197 e. The second-order valence-corrected chi connectivity index (χ2v) is 7.96. The van der Waals surface area contributed by atoms with Crippen LogP contribution >= 0.6 is 11.6 Å². The molecule has 30 heavy (non-hydrogen) atoms. The summed E-state index contributed by atoms with van der Waals surface area (Å²) < 4.78 is 5.72. The molecular formula is C23H19ClN4O2. The van der Waals surface area contributed by atoms with E-state index in [2.05, 4.69) is 14.9 Å². The Kier molecular flexibility index (Phi) is 4.81. The van der Waals surface area contributed by atoms with Crippen molar-refractivity contribution in [3.8, 4) is 11.4 Å². The summed E-state index contributed by atoms with van der Waals surface area (Å²) in [5.74, 6) is 0.715. The fourth-order valence-corrected chi connectivity index (χ4v) is 3.95. The van der Waals surface area contributed by atoms with Crippen LogP contribution in [0.3, 0.4) is 0 Å². The Morgan fingerprint density at radius 2 is 2.07 bits per heavy atom. The molecule has 1 aliphatic heterocycles. The number of nitrogens with zero attached hydrogens (tertiary/aromatic N) is 4. The summed E-state index contributed by atoms with van der Waals surface area (Å²) in [6.45, 7) is 3.91. The van der Waals surface area contributed by atoms with E-state index in [-0.39, 0.29) is 5.43 Å². The van der Waals surface area contributed by atoms with Crippen LogP contribution in [0.25, 0.3) is 22.4 Å². The molecule has 0 atom stereocenters. The Bertz CT molecular complexity index is 1300. The normalized spacial score (nSPS) is 14.1. The third-order valence-electron chi connectivity index (χ3n) is 5.47. The zero-order valence-electron chi connectivity index (χ0n) is 16.4. The number of hydrogen-bond donors (Lipinski definition) is 0. The van der Waals surface area contributed by atoms with Gasteiger partial charge in [0.2, 0.25) is 0 Å². The van der Waals surface area contributed by atoms with Crippen molar-refractivity contribution in [1.82, 2.24) is 19.9 Å². The minimum absolute atomic E-state index is 0.0340. The first kappa shape index (κ1) is 18.9. The van der Waals surface area contributed by atoms with Gasteiger partial charge < -0.3 is 4.42 Å². The van der Waals surface area contributed by atoms with Crippen molar-refractivity contribution in [3.63, 3.8) is 0 Å². The molecule has 0 saturated heterocycles. The summed E-state index contributed by atoms with van der Waals surface area (Å²) in [5.41, 5.74) is 5.14. The van der Waals surface area contributed by atoms with Gasteiger partial charge in [0.15, 0.2) is 11.3 Å². The van der Waals surface area contributed by atoms with E-state index >= 15 is 0 Å². The summed E-state index contributed by atoms with van der Waals surface area (Å²) in [5, 5.41) is 1.09. The molecule has 0 fully saturated rings. The lowest BCUT2D eigenvalue weighted by Crippen LogP contribution is -2.32. The number of hydrogen-bond acceptors (Lipinski definition) is 6. The molecular weight excluding hydrogens is 400 g/mol. The van der Waals surface area contributed by atoms with Gasteiger partial charge in [-0.25, -0.2) is 9.97 Å². The van der Waals surface area contributed by atoms with E-state index in [1.807, 2.05) is 25.3 Å². The molecule has 1 aliphatic rings. The highest BCUT2D eigenvalue weighted by molar-refractivity contribution is 6.32. The predicted octanol–water partition coefficient (Wildman–Crippen LogP) is 4.17. The summed E-state index contributed by atoms with van der Waals surface area (Å²) in [7, 11) is 0. The molecule has 0 unspecified atom stereocenters. The second-order valence-electron chi connectivity index (χ2n) is 7.55. The van der Waals surface area contributed by atoms with Crippen LogP contribution < -0.4 is 5.43 Å². The number of halogens is 1. The van der Waals surface area contributed by atoms with Gasteiger partial charge in [-0.15, -0.1) is 0 Å². The third-order valence-corrected chi connectivity index (χ3v) is 5.88. The molecule has 0 N–H and O–H groups in total. The van der Waals surface area contributed by atoms with E-state index in [9.17, 15) is 4.79 Å². The molecule has 0 aliphatic carbocycles. The van der Waals surface area contributed by atoms with Crippen LogP contribution in [0, 0.1) is 6.92 Å². The maximum atomic E-state index is 12.9. The van der Waals surface area contributed by atoms with Gasteiger partial charge in [0.05, 0.1) is 17.3 Å². The fraction of sp³-hybridized carbons (Fsp3) is 0.217. The molecule has 4 aromatic rings. The monoisotopic (exact) mass is 418 g/mol. The zero-order chi connectivity index (χ0) is 20.7. The van der Waals surface area contributed by atoms with Gasteiger partial charge in [-0.05, 0) is 36.8 Å². The van der Waals surface area contributed by atoms with Crippen LogP contribution in [0.4, 0.5) is 0 Å². The number of aromatic nitrogens is 3. The van der Waals surface area contributed by atoms with E-state index in [1.165, 1.54) is 0 Å². The SMILES string of the molecule is Cc1cc2occ(CN3CCc4nc(-c5ccncc5)ncc4C3)c(=O)c2cc1Cl. The number of benzene rings is 1. The molecule has 0 bridgehead atoms. The molecule has 1 aromatic carbocycles. The van der Waals surface area contributed by atoms with Crippen molar-refractivity contribution in [2.24, 2.45) is 0 Å². The maximum absolute atomic E-state index is 12.9. The lowest BCUT2D eigenvalue weighted by Gasteiger charge is -2.27. The minimum atomic E-state index is -0.0340. The number of pyridine rings is 1. The highest BCUT2D eigenvalue weighted by atomic mass is 35.5. The largest absolute Gasteiger partial charge is 0.464 e. The van der Waals surface area contributed by atoms with Crippen LogP contribution in [-0.2, 0) is 19.5 Å². The molecule has 0 radical (unpaired) electrons. The minimum Gasteiger partial charge on any atom is -0.464 e. The third kappa shape index (κ3) is 3.49. The van der Waals surface area contributed by atoms with Gasteiger partial charge in [-0.1, -0.05) is 11.6 Å². The molecule has 3 aromatic heterocycles. The fourth-order valence-electron chi connectivity index (χ4n) is 3.79. The molecule has 5 rings (SSSR count). The van der Waals surface area contributed by atoms with Crippen LogP contribution in [0.5, 0.6) is 0 Å². The Morgan fingerprint density at radius 1 is 1.23 bits per heavy atom. The lowest BCUT2D eigenvalue weighted by molar-refractivity contribution is 0.240. The van der Waals surface area contributed by atoms with Crippen molar-refractivity contribution >= 4 is 22.6 Å². The number of fused-ring (bicyclic) bond motifs is 2. The van der Waals surface area contributed by atoms with Crippen molar-refractivity contribution in [1.29, 1.82) is 0 Å². The van der Waals surface area contributed by atoms with E-state index in [0.29, 0.717) is 40.5 Å². The molecule has 4 heterocycles. The average Bonchev–Trinajstić information content (AvgIpc) is 2.77. The number of rotatable bonds is 3. The van der Waals surface area contributed by atoms with Gasteiger partial charge in [-0.2, -0.15) is 0 Å². The molecule has 0 amide bonds. The highest BCUT2D eigenvalue weighted by Gasteiger charge is 2.20. The van der Waals surface area contributed by atoms with E-state index in [1.54, 1.807) is 30.8 Å². The average molecular weight is 419 g/mol. The van der Waals surface area contributed by atoms with Gasteiger partial charge >= 0.3 is 0 Å². The molecule has 150 valence electrons. The lowest BCUT2D eigenvalue weighted by atomic mass is 10.1. The predicted molar refractivity (Wildman–Crippen MR) is 115 cm³/mol. The Morgan fingerprint density at radius 3 is 2.90 bits per heavy atom. The van der Waals surface area contributed by atoms with E-state index in [4.69, 9.17) is 21.0 Å². The Balaban J connectivity index is 1.39. The summed E-state index contributed by atoms with van der Waals surface area (Å²) in [6.07, 6.45) is 7.74. The first-order chi connectivity index (χ1) is 14.6. The smallest absolute Gasteiger partial charge is 0.197 e. The summed E-state index contributed by atoms with van der Waals surface area (Å²) in [6, 6.07) is 7.31. The van der Waals surface area contributed by atoms with Gasteiger partial charge in [0.25, 0.3) is 0 Å². The quantitative estimate of drug-likeness (QED) is 0.497. The van der Waals surface area contributed by atoms with Crippen molar-refractivity contribution < 1.29 is 4.42 Å². The van der Waals surface area contributed by atoms with Gasteiger partial charge in [0, 0.05) is 66.4 Å². The van der Waals surface area contributed by atoms with Crippen LogP contribution in [0.1, 0.15) is 22.4 Å². The first-order valence-corrected chi connectivity index (χ1v) is 10.1. The first-order valence-electron chi connectivity index (χ1n) is 9.76. The van der Waals surface area contributed by atoms with Crippen LogP contribution in [-0.4, -0.2) is 26.4 Å². The second kappa shape index (κ2) is 7.63. The van der Waals surface area contributed by atoms with E-state index in [0.717, 1.165) is 35.3 Å². The van der Waals surface area contributed by atoms with E-state index < -0.39 is 0 Å². The molecule has 0 saturated carbocycles. The van der Waals surface area contributed by atoms with Crippen molar-refractivity contribution in [2.45, 2.75) is 26.4 Å². The Hall–Kier alpha value is -3.09. The highest BCUT2D eigenvalue weighted by Crippen LogP contribution is 2.24.